The van der Waals surface area contributed by atoms with Crippen molar-refractivity contribution in [2.24, 2.45) is 5.41 Å². The molecule has 0 aliphatic heterocycles. The molecular weight excluding hydrogens is 402 g/mol. The number of anilines is 1. The normalized spacial score (nSPS) is 17.2. The third-order valence-electron chi connectivity index (χ3n) is 5.54. The number of nitro benzene ring substituents is 1. The summed E-state index contributed by atoms with van der Waals surface area (Å²) in [5.74, 6) is -0.312. The molecule has 0 fully saturated rings. The smallest absolute Gasteiger partial charge is 0.269 e. The van der Waals surface area contributed by atoms with Crippen molar-refractivity contribution in [3.8, 4) is 0 Å². The Morgan fingerprint density at radius 3 is 2.44 bits per heavy atom. The molecule has 0 radical (unpaired) electrons. The number of allylic oxidation sites excluding steroid dienone is 9. The van der Waals surface area contributed by atoms with Gasteiger partial charge in [0.2, 0.25) is 0 Å². The number of non-ortho nitro benzene ring substituents is 1. The summed E-state index contributed by atoms with van der Waals surface area (Å²) in [6.07, 6.45) is 15.3. The van der Waals surface area contributed by atoms with Gasteiger partial charge in [0.05, 0.1) is 10.6 Å². The number of nitro groups is 1. The van der Waals surface area contributed by atoms with Crippen molar-refractivity contribution in [2.75, 3.05) is 5.43 Å². The van der Waals surface area contributed by atoms with E-state index in [1.54, 1.807) is 0 Å². The molecule has 1 aliphatic carbocycles. The average molecular weight is 436 g/mol. The summed E-state index contributed by atoms with van der Waals surface area (Å²) < 4.78 is 0. The summed E-state index contributed by atoms with van der Waals surface area (Å²) in [6.45, 7) is 10.8. The third-order valence-corrected chi connectivity index (χ3v) is 5.54. The maximum atomic E-state index is 12.0. The van der Waals surface area contributed by atoms with Crippen LogP contribution in [0, 0.1) is 15.5 Å². The van der Waals surface area contributed by atoms with Gasteiger partial charge in [-0.15, -0.1) is 0 Å². The zero-order valence-electron chi connectivity index (χ0n) is 19.6. The summed E-state index contributed by atoms with van der Waals surface area (Å²) >= 11 is 0. The monoisotopic (exact) mass is 435 g/mol. The first-order valence-electron chi connectivity index (χ1n) is 10.8. The van der Waals surface area contributed by atoms with Gasteiger partial charge in [0, 0.05) is 18.2 Å². The summed E-state index contributed by atoms with van der Waals surface area (Å²) in [4.78, 5) is 22.2. The highest BCUT2D eigenvalue weighted by atomic mass is 16.6. The number of nitrogens with one attached hydrogen (secondary N) is 2. The zero-order chi connectivity index (χ0) is 23.7. The molecule has 6 heteroatoms. The molecule has 1 aromatic rings. The minimum absolute atomic E-state index is 0.00439. The van der Waals surface area contributed by atoms with Gasteiger partial charge in [-0.05, 0) is 68.7 Å². The first-order chi connectivity index (χ1) is 15.1. The Labute approximate surface area is 190 Å². The SMILES string of the molecule is CC1=C(/C=C/C(C)=C/C=C/C(C)=C/C(=O)NNc2ccc([N+](=O)[O-])cc2)C(C)(C)CCC1. The van der Waals surface area contributed by atoms with E-state index in [0.717, 1.165) is 11.1 Å². The number of hydrazine groups is 1. The third kappa shape index (κ3) is 7.69. The maximum Gasteiger partial charge on any atom is 0.269 e. The van der Waals surface area contributed by atoms with Crippen LogP contribution in [0.2, 0.25) is 0 Å². The standard InChI is InChI=1S/C26H33N3O3/c1-19(11-16-24-21(3)10-7-17-26(24,4)5)8-6-9-20(2)18-25(30)28-27-22-12-14-23(15-13-22)29(31)32/h6,8-9,11-16,18,27H,7,10,17H2,1-5H3,(H,28,30)/b9-6+,16-11+,19-8+,20-18+. The zero-order valence-corrected chi connectivity index (χ0v) is 19.6. The molecule has 0 heterocycles. The predicted molar refractivity (Wildman–Crippen MR) is 131 cm³/mol. The molecule has 1 aromatic carbocycles. The second kappa shape index (κ2) is 11.3. The predicted octanol–water partition coefficient (Wildman–Crippen LogP) is 6.57. The van der Waals surface area contributed by atoms with Crippen LogP contribution in [-0.4, -0.2) is 10.8 Å². The van der Waals surface area contributed by atoms with Gasteiger partial charge in [-0.3, -0.25) is 25.8 Å². The Morgan fingerprint density at radius 2 is 1.81 bits per heavy atom. The average Bonchev–Trinajstić information content (AvgIpc) is 2.71. The Kier molecular flexibility index (Phi) is 8.76. The molecule has 170 valence electrons. The molecule has 6 nitrogen and oxygen atoms in total. The van der Waals surface area contributed by atoms with E-state index in [0.29, 0.717) is 5.69 Å². The van der Waals surface area contributed by atoms with Crippen molar-refractivity contribution in [3.05, 3.63) is 93.1 Å². The van der Waals surface area contributed by atoms with E-state index in [1.807, 2.05) is 25.2 Å². The first kappa shape index (κ1) is 24.9. The van der Waals surface area contributed by atoms with E-state index in [9.17, 15) is 14.9 Å². The van der Waals surface area contributed by atoms with Crippen LogP contribution in [-0.2, 0) is 4.79 Å². The van der Waals surface area contributed by atoms with E-state index in [-0.39, 0.29) is 17.0 Å². The van der Waals surface area contributed by atoms with Gasteiger partial charge >= 0.3 is 0 Å². The highest BCUT2D eigenvalue weighted by molar-refractivity contribution is 5.89. The van der Waals surface area contributed by atoms with Crippen LogP contribution < -0.4 is 10.9 Å². The Balaban J connectivity index is 1.89. The van der Waals surface area contributed by atoms with E-state index in [1.165, 1.54) is 60.8 Å². The van der Waals surface area contributed by atoms with Crippen molar-refractivity contribution in [1.82, 2.24) is 5.43 Å². The van der Waals surface area contributed by atoms with Crippen LogP contribution in [0.5, 0.6) is 0 Å². The minimum Gasteiger partial charge on any atom is -0.298 e. The highest BCUT2D eigenvalue weighted by Gasteiger charge is 2.26. The van der Waals surface area contributed by atoms with E-state index in [2.05, 4.69) is 50.7 Å². The lowest BCUT2D eigenvalue weighted by atomic mass is 9.72. The van der Waals surface area contributed by atoms with Crippen LogP contribution in [0.15, 0.2) is 83.0 Å². The van der Waals surface area contributed by atoms with E-state index >= 15 is 0 Å². The second-order valence-electron chi connectivity index (χ2n) is 8.84. The lowest BCUT2D eigenvalue weighted by Crippen LogP contribution is -2.27. The van der Waals surface area contributed by atoms with Gasteiger partial charge in [-0.1, -0.05) is 55.4 Å². The van der Waals surface area contributed by atoms with Gasteiger partial charge in [0.25, 0.3) is 11.6 Å². The molecule has 2 N–H and O–H groups in total. The van der Waals surface area contributed by atoms with E-state index in [4.69, 9.17) is 0 Å². The number of benzene rings is 1. The molecule has 1 aliphatic rings. The molecule has 0 saturated carbocycles. The number of carbonyl (C=O) groups excluding carboxylic acids is 1. The second-order valence-corrected chi connectivity index (χ2v) is 8.84. The van der Waals surface area contributed by atoms with Crippen molar-refractivity contribution in [3.63, 3.8) is 0 Å². The molecule has 0 atom stereocenters. The molecule has 0 unspecified atom stereocenters. The van der Waals surface area contributed by atoms with E-state index < -0.39 is 4.92 Å². The lowest BCUT2D eigenvalue weighted by Gasteiger charge is -2.32. The van der Waals surface area contributed by atoms with Gasteiger partial charge in [-0.25, -0.2) is 0 Å². The summed E-state index contributed by atoms with van der Waals surface area (Å²) in [6, 6.07) is 5.80. The Bertz CT molecular complexity index is 994. The van der Waals surface area contributed by atoms with Crippen molar-refractivity contribution >= 4 is 17.3 Å². The Morgan fingerprint density at radius 1 is 1.12 bits per heavy atom. The minimum atomic E-state index is -0.470. The number of nitrogens with zero attached hydrogens (tertiary/aromatic N) is 1. The van der Waals surface area contributed by atoms with Gasteiger partial charge < -0.3 is 0 Å². The van der Waals surface area contributed by atoms with Crippen molar-refractivity contribution in [1.29, 1.82) is 0 Å². The molecule has 2 rings (SSSR count). The topological polar surface area (TPSA) is 84.3 Å². The number of rotatable bonds is 8. The quantitative estimate of drug-likeness (QED) is 0.209. The first-order valence-corrected chi connectivity index (χ1v) is 10.8. The molecular formula is C26H33N3O3. The van der Waals surface area contributed by atoms with Crippen LogP contribution >= 0.6 is 0 Å². The number of hydrogen-bond acceptors (Lipinski definition) is 4. The maximum absolute atomic E-state index is 12.0. The molecule has 0 spiro atoms. The molecule has 0 bridgehead atoms. The van der Waals surface area contributed by atoms with Gasteiger partial charge in [0.1, 0.15) is 0 Å². The fraction of sp³-hybridized carbons (Fsp3) is 0.346. The fourth-order valence-corrected chi connectivity index (χ4v) is 3.72. The molecule has 0 saturated heterocycles. The van der Waals surface area contributed by atoms with Crippen LogP contribution in [0.25, 0.3) is 0 Å². The largest absolute Gasteiger partial charge is 0.298 e. The van der Waals surface area contributed by atoms with Crippen LogP contribution in [0.3, 0.4) is 0 Å². The highest BCUT2D eigenvalue weighted by Crippen LogP contribution is 2.40. The van der Waals surface area contributed by atoms with Crippen LogP contribution in [0.1, 0.15) is 53.9 Å². The Hall–Kier alpha value is -3.41. The van der Waals surface area contributed by atoms with Crippen LogP contribution in [0.4, 0.5) is 11.4 Å². The molecule has 32 heavy (non-hydrogen) atoms. The van der Waals surface area contributed by atoms with Gasteiger partial charge in [0.15, 0.2) is 0 Å². The fourth-order valence-electron chi connectivity index (χ4n) is 3.72. The van der Waals surface area contributed by atoms with Gasteiger partial charge in [-0.2, -0.15) is 0 Å². The molecule has 1 amide bonds. The number of hydrogen-bond donors (Lipinski definition) is 2. The number of amides is 1. The summed E-state index contributed by atoms with van der Waals surface area (Å²) in [7, 11) is 0. The van der Waals surface area contributed by atoms with Crippen molar-refractivity contribution in [2.45, 2.75) is 53.9 Å². The van der Waals surface area contributed by atoms with Crippen molar-refractivity contribution < 1.29 is 9.72 Å². The summed E-state index contributed by atoms with van der Waals surface area (Å²) in [5.41, 5.74) is 10.9. The molecule has 0 aromatic heterocycles. The lowest BCUT2D eigenvalue weighted by molar-refractivity contribution is -0.384. The summed E-state index contributed by atoms with van der Waals surface area (Å²) in [5, 5.41) is 10.7. The number of carbonyl (C=O) groups is 1.